The largest absolute Gasteiger partial charge is 0.469 e. The Kier molecular flexibility index (Phi) is 4.99. The van der Waals surface area contributed by atoms with E-state index in [2.05, 4.69) is 10.0 Å². The predicted octanol–water partition coefficient (Wildman–Crippen LogP) is 1.50. The summed E-state index contributed by atoms with van der Waals surface area (Å²) < 4.78 is 36.9. The minimum Gasteiger partial charge on any atom is -0.469 e. The van der Waals surface area contributed by atoms with E-state index in [0.717, 1.165) is 12.3 Å². The Hall–Kier alpha value is -1.57. The van der Waals surface area contributed by atoms with Crippen LogP contribution in [0.1, 0.15) is 18.4 Å². The highest BCUT2D eigenvalue weighted by Gasteiger charge is 2.18. The molecule has 2 rings (SSSR count). The minimum atomic E-state index is -3.60. The number of rotatable bonds is 8. The summed E-state index contributed by atoms with van der Waals surface area (Å²) in [5.74, 6) is 1.33. The Morgan fingerprint density at radius 2 is 2.05 bits per heavy atom. The molecule has 0 aliphatic heterocycles. The van der Waals surface area contributed by atoms with Crippen LogP contribution >= 0.6 is 0 Å². The Morgan fingerprint density at radius 3 is 2.75 bits per heavy atom. The van der Waals surface area contributed by atoms with E-state index in [-0.39, 0.29) is 11.6 Å². The highest BCUT2D eigenvalue weighted by molar-refractivity contribution is 7.89. The Morgan fingerprint density at radius 1 is 1.20 bits per heavy atom. The fourth-order valence-electron chi connectivity index (χ4n) is 1.68. The van der Waals surface area contributed by atoms with Crippen LogP contribution in [-0.2, 0) is 23.0 Å². The summed E-state index contributed by atoms with van der Waals surface area (Å²) in [4.78, 5) is 0. The average molecular weight is 298 g/mol. The van der Waals surface area contributed by atoms with Crippen LogP contribution in [0, 0.1) is 0 Å². The summed E-state index contributed by atoms with van der Waals surface area (Å²) in [7, 11) is -3.60. The first kappa shape index (κ1) is 14.8. The predicted molar refractivity (Wildman–Crippen MR) is 73.7 cm³/mol. The van der Waals surface area contributed by atoms with E-state index < -0.39 is 10.0 Å². The van der Waals surface area contributed by atoms with E-state index >= 15 is 0 Å². The molecule has 2 aromatic heterocycles. The monoisotopic (exact) mass is 298 g/mol. The van der Waals surface area contributed by atoms with Gasteiger partial charge >= 0.3 is 0 Å². The van der Waals surface area contributed by atoms with Gasteiger partial charge in [-0.3, -0.25) is 0 Å². The molecule has 0 amide bonds. The molecule has 0 aromatic carbocycles. The van der Waals surface area contributed by atoms with Gasteiger partial charge in [0.2, 0.25) is 5.09 Å². The van der Waals surface area contributed by atoms with Crippen molar-refractivity contribution in [3.63, 3.8) is 0 Å². The van der Waals surface area contributed by atoms with E-state index in [9.17, 15) is 8.42 Å². The van der Waals surface area contributed by atoms with Gasteiger partial charge in [-0.15, -0.1) is 0 Å². The van der Waals surface area contributed by atoms with Gasteiger partial charge in [0.1, 0.15) is 11.5 Å². The molecule has 0 atom stereocenters. The smallest absolute Gasteiger partial charge is 0.273 e. The maximum absolute atomic E-state index is 12.0. The van der Waals surface area contributed by atoms with Gasteiger partial charge in [0.05, 0.1) is 12.8 Å². The van der Waals surface area contributed by atoms with Crippen LogP contribution in [0.5, 0.6) is 0 Å². The van der Waals surface area contributed by atoms with Gasteiger partial charge in [0.25, 0.3) is 10.0 Å². The van der Waals surface area contributed by atoms with Crippen molar-refractivity contribution < 1.29 is 17.3 Å². The second-order valence-corrected chi connectivity index (χ2v) is 5.93. The zero-order chi connectivity index (χ0) is 14.4. The number of nitrogens with one attached hydrogen (secondary N) is 2. The Balaban J connectivity index is 1.90. The molecule has 0 radical (unpaired) electrons. The van der Waals surface area contributed by atoms with E-state index in [1.165, 1.54) is 6.07 Å². The SMILES string of the molecule is CCNCc1ccc(S(=O)(=O)NCCc2ccco2)o1. The van der Waals surface area contributed by atoms with E-state index in [1.54, 1.807) is 24.5 Å². The van der Waals surface area contributed by atoms with Gasteiger partial charge in [0.15, 0.2) is 0 Å². The van der Waals surface area contributed by atoms with Gasteiger partial charge < -0.3 is 14.2 Å². The van der Waals surface area contributed by atoms with Gasteiger partial charge in [0, 0.05) is 13.0 Å². The van der Waals surface area contributed by atoms with Crippen LogP contribution in [0.4, 0.5) is 0 Å². The molecule has 0 unspecified atom stereocenters. The molecule has 0 saturated heterocycles. The molecule has 20 heavy (non-hydrogen) atoms. The molecule has 7 heteroatoms. The lowest BCUT2D eigenvalue weighted by Crippen LogP contribution is -2.25. The molecule has 2 N–H and O–H groups in total. The van der Waals surface area contributed by atoms with Crippen molar-refractivity contribution in [2.24, 2.45) is 0 Å². The highest BCUT2D eigenvalue weighted by Crippen LogP contribution is 2.13. The van der Waals surface area contributed by atoms with Crippen molar-refractivity contribution >= 4 is 10.0 Å². The van der Waals surface area contributed by atoms with Crippen molar-refractivity contribution in [1.82, 2.24) is 10.0 Å². The lowest BCUT2D eigenvalue weighted by molar-refractivity contribution is 0.401. The first-order valence-corrected chi connectivity index (χ1v) is 7.91. The van der Waals surface area contributed by atoms with Crippen molar-refractivity contribution in [3.05, 3.63) is 42.0 Å². The fraction of sp³-hybridized carbons (Fsp3) is 0.385. The first-order chi connectivity index (χ1) is 9.62. The number of hydrogen-bond acceptors (Lipinski definition) is 5. The molecule has 6 nitrogen and oxygen atoms in total. The zero-order valence-corrected chi connectivity index (χ0v) is 12.1. The molecule has 0 saturated carbocycles. The number of furan rings is 2. The van der Waals surface area contributed by atoms with Crippen molar-refractivity contribution in [2.45, 2.75) is 25.0 Å². The molecule has 2 heterocycles. The second kappa shape index (κ2) is 6.74. The van der Waals surface area contributed by atoms with E-state index in [1.807, 2.05) is 6.92 Å². The lowest BCUT2D eigenvalue weighted by atomic mass is 10.3. The zero-order valence-electron chi connectivity index (χ0n) is 11.3. The van der Waals surface area contributed by atoms with Gasteiger partial charge in [-0.1, -0.05) is 6.92 Å². The van der Waals surface area contributed by atoms with Crippen molar-refractivity contribution in [2.75, 3.05) is 13.1 Å². The maximum atomic E-state index is 12.0. The molecular weight excluding hydrogens is 280 g/mol. The molecule has 0 aliphatic carbocycles. The average Bonchev–Trinajstić information content (AvgIpc) is 3.07. The summed E-state index contributed by atoms with van der Waals surface area (Å²) in [6, 6.07) is 6.69. The van der Waals surface area contributed by atoms with Crippen LogP contribution in [-0.4, -0.2) is 21.5 Å². The third-order valence-electron chi connectivity index (χ3n) is 2.69. The highest BCUT2D eigenvalue weighted by atomic mass is 32.2. The fourth-order valence-corrected chi connectivity index (χ4v) is 2.66. The van der Waals surface area contributed by atoms with E-state index in [0.29, 0.717) is 18.7 Å². The van der Waals surface area contributed by atoms with Gasteiger partial charge in [-0.2, -0.15) is 0 Å². The molecular formula is C13H18N2O4S. The van der Waals surface area contributed by atoms with Crippen LogP contribution in [0.2, 0.25) is 0 Å². The summed E-state index contributed by atoms with van der Waals surface area (Å²) in [6.45, 7) is 3.54. The number of hydrogen-bond donors (Lipinski definition) is 2. The molecule has 0 aliphatic rings. The minimum absolute atomic E-state index is 0.0650. The Labute approximate surface area is 118 Å². The maximum Gasteiger partial charge on any atom is 0.273 e. The number of sulfonamides is 1. The van der Waals surface area contributed by atoms with Crippen LogP contribution in [0.3, 0.4) is 0 Å². The van der Waals surface area contributed by atoms with Gasteiger partial charge in [-0.05, 0) is 30.8 Å². The summed E-state index contributed by atoms with van der Waals surface area (Å²) in [5.41, 5.74) is 0. The van der Waals surface area contributed by atoms with Gasteiger partial charge in [-0.25, -0.2) is 13.1 Å². The summed E-state index contributed by atoms with van der Waals surface area (Å²) in [5, 5.41) is 3.00. The molecule has 110 valence electrons. The normalized spacial score (nSPS) is 11.8. The second-order valence-electron chi connectivity index (χ2n) is 4.23. The van der Waals surface area contributed by atoms with E-state index in [4.69, 9.17) is 8.83 Å². The quantitative estimate of drug-likeness (QED) is 0.771. The van der Waals surface area contributed by atoms with Crippen LogP contribution in [0.25, 0.3) is 0 Å². The summed E-state index contributed by atoms with van der Waals surface area (Å²) >= 11 is 0. The third kappa shape index (κ3) is 3.96. The third-order valence-corrected chi connectivity index (χ3v) is 4.03. The Bertz CT molecular complexity index is 617. The van der Waals surface area contributed by atoms with Crippen molar-refractivity contribution in [1.29, 1.82) is 0 Å². The molecule has 0 fully saturated rings. The van der Waals surface area contributed by atoms with Crippen molar-refractivity contribution in [3.8, 4) is 0 Å². The molecule has 0 bridgehead atoms. The van der Waals surface area contributed by atoms with Crippen LogP contribution in [0.15, 0.2) is 44.5 Å². The topological polar surface area (TPSA) is 84.5 Å². The molecule has 0 spiro atoms. The van der Waals surface area contributed by atoms with Crippen LogP contribution < -0.4 is 10.0 Å². The lowest BCUT2D eigenvalue weighted by Gasteiger charge is -2.03. The standard InChI is InChI=1S/C13H18N2O4S/c1-2-14-10-12-5-6-13(19-12)20(16,17)15-8-7-11-4-3-9-18-11/h3-6,9,14-15H,2,7-8,10H2,1H3. The summed E-state index contributed by atoms with van der Waals surface area (Å²) in [6.07, 6.45) is 2.06. The molecule has 2 aromatic rings. The first-order valence-electron chi connectivity index (χ1n) is 6.43.